The van der Waals surface area contributed by atoms with Gasteiger partial charge in [0.2, 0.25) is 0 Å². The van der Waals surface area contributed by atoms with Gasteiger partial charge in [-0.2, -0.15) is 0 Å². The Morgan fingerprint density at radius 3 is 2.14 bits per heavy atom. The van der Waals surface area contributed by atoms with Gasteiger partial charge in [-0.05, 0) is 31.1 Å². The van der Waals surface area contributed by atoms with E-state index in [0.29, 0.717) is 5.41 Å². The summed E-state index contributed by atoms with van der Waals surface area (Å²) in [7, 11) is 0. The molecule has 1 saturated heterocycles. The summed E-state index contributed by atoms with van der Waals surface area (Å²) in [4.78, 5) is 2.44. The van der Waals surface area contributed by atoms with Crippen molar-refractivity contribution in [1.29, 1.82) is 0 Å². The molecule has 0 aromatic heterocycles. The van der Waals surface area contributed by atoms with Crippen molar-refractivity contribution in [2.45, 2.75) is 51.6 Å². The molecule has 0 aromatic carbocycles. The summed E-state index contributed by atoms with van der Waals surface area (Å²) in [5.74, 6) is 0. The Balaban J connectivity index is 1.77. The summed E-state index contributed by atoms with van der Waals surface area (Å²) in [6, 6.07) is 0. The standard InChI is InChI=1S/C12H23NO/c1-3-12(14,4-2)10-13-8-11(9-13)6-5-7-11/h14H,3-10H2,1-2H3. The monoisotopic (exact) mass is 197 g/mol. The maximum atomic E-state index is 10.2. The van der Waals surface area contributed by atoms with Crippen molar-refractivity contribution in [2.24, 2.45) is 5.41 Å². The molecule has 1 N–H and O–H groups in total. The van der Waals surface area contributed by atoms with E-state index in [0.717, 1.165) is 19.4 Å². The van der Waals surface area contributed by atoms with Gasteiger partial charge in [-0.15, -0.1) is 0 Å². The van der Waals surface area contributed by atoms with Crippen molar-refractivity contribution in [3.63, 3.8) is 0 Å². The van der Waals surface area contributed by atoms with Crippen LogP contribution in [0, 0.1) is 5.41 Å². The molecule has 1 spiro atoms. The van der Waals surface area contributed by atoms with E-state index in [1.165, 1.54) is 32.4 Å². The minimum Gasteiger partial charge on any atom is -0.389 e. The second kappa shape index (κ2) is 3.49. The summed E-state index contributed by atoms with van der Waals surface area (Å²) in [5.41, 5.74) is 0.272. The van der Waals surface area contributed by atoms with Gasteiger partial charge < -0.3 is 5.11 Å². The lowest BCUT2D eigenvalue weighted by molar-refractivity contribution is -0.103. The molecule has 0 atom stereocenters. The molecular weight excluding hydrogens is 174 g/mol. The topological polar surface area (TPSA) is 23.5 Å². The van der Waals surface area contributed by atoms with E-state index < -0.39 is 5.60 Å². The molecule has 2 nitrogen and oxygen atoms in total. The molecular formula is C12H23NO. The van der Waals surface area contributed by atoms with Gasteiger partial charge in [-0.3, -0.25) is 4.90 Å². The lowest BCUT2D eigenvalue weighted by atomic mass is 9.63. The molecule has 82 valence electrons. The van der Waals surface area contributed by atoms with Crippen molar-refractivity contribution in [3.8, 4) is 0 Å². The summed E-state index contributed by atoms with van der Waals surface area (Å²) in [6.45, 7) is 7.55. The zero-order chi connectivity index (χ0) is 10.2. The highest BCUT2D eigenvalue weighted by atomic mass is 16.3. The zero-order valence-corrected chi connectivity index (χ0v) is 9.55. The average molecular weight is 197 g/mol. The fourth-order valence-corrected chi connectivity index (χ4v) is 2.90. The van der Waals surface area contributed by atoms with E-state index in [2.05, 4.69) is 18.7 Å². The van der Waals surface area contributed by atoms with Gasteiger partial charge in [0.25, 0.3) is 0 Å². The third-order valence-electron chi connectivity index (χ3n) is 4.37. The third-order valence-corrected chi connectivity index (χ3v) is 4.37. The molecule has 0 radical (unpaired) electrons. The van der Waals surface area contributed by atoms with E-state index in [1.54, 1.807) is 0 Å². The van der Waals surface area contributed by atoms with Crippen LogP contribution in [0.25, 0.3) is 0 Å². The molecule has 2 aliphatic rings. The number of aliphatic hydroxyl groups is 1. The second-order valence-electron chi connectivity index (χ2n) is 5.43. The molecule has 2 fully saturated rings. The van der Waals surface area contributed by atoms with Crippen LogP contribution >= 0.6 is 0 Å². The van der Waals surface area contributed by atoms with Crippen LogP contribution in [0.15, 0.2) is 0 Å². The van der Waals surface area contributed by atoms with Crippen LogP contribution in [0.5, 0.6) is 0 Å². The molecule has 0 amide bonds. The third kappa shape index (κ3) is 1.70. The van der Waals surface area contributed by atoms with E-state index in [-0.39, 0.29) is 0 Å². The molecule has 1 saturated carbocycles. The number of nitrogens with zero attached hydrogens (tertiary/aromatic N) is 1. The minimum absolute atomic E-state index is 0.425. The first-order valence-corrected chi connectivity index (χ1v) is 6.06. The fraction of sp³-hybridized carbons (Fsp3) is 1.00. The normalized spacial score (nSPS) is 25.9. The van der Waals surface area contributed by atoms with E-state index in [1.807, 2.05) is 0 Å². The van der Waals surface area contributed by atoms with Gasteiger partial charge in [0.05, 0.1) is 5.60 Å². The maximum Gasteiger partial charge on any atom is 0.0768 e. The van der Waals surface area contributed by atoms with Crippen LogP contribution in [0.2, 0.25) is 0 Å². The molecule has 1 heterocycles. The largest absolute Gasteiger partial charge is 0.389 e. The SMILES string of the molecule is CCC(O)(CC)CN1CC2(CCC2)C1. The molecule has 14 heavy (non-hydrogen) atoms. The van der Waals surface area contributed by atoms with Crippen LogP contribution in [-0.2, 0) is 0 Å². The molecule has 2 rings (SSSR count). The maximum absolute atomic E-state index is 10.2. The van der Waals surface area contributed by atoms with Gasteiger partial charge >= 0.3 is 0 Å². The molecule has 0 bridgehead atoms. The van der Waals surface area contributed by atoms with Crippen molar-refractivity contribution >= 4 is 0 Å². The zero-order valence-electron chi connectivity index (χ0n) is 9.55. The summed E-state index contributed by atoms with van der Waals surface area (Å²) in [6.07, 6.45) is 6.06. The first kappa shape index (κ1) is 10.4. The second-order valence-corrected chi connectivity index (χ2v) is 5.43. The molecule has 0 unspecified atom stereocenters. The van der Waals surface area contributed by atoms with Crippen LogP contribution < -0.4 is 0 Å². The average Bonchev–Trinajstić information content (AvgIpc) is 2.07. The Morgan fingerprint density at radius 2 is 1.79 bits per heavy atom. The van der Waals surface area contributed by atoms with Crippen molar-refractivity contribution < 1.29 is 5.11 Å². The minimum atomic E-state index is -0.425. The highest BCUT2D eigenvalue weighted by molar-refractivity contribution is 5.01. The molecule has 1 aliphatic carbocycles. The van der Waals surface area contributed by atoms with Crippen LogP contribution in [0.3, 0.4) is 0 Å². The summed E-state index contributed by atoms with van der Waals surface area (Å²) < 4.78 is 0. The smallest absolute Gasteiger partial charge is 0.0768 e. The summed E-state index contributed by atoms with van der Waals surface area (Å²) in [5, 5.41) is 10.2. The van der Waals surface area contributed by atoms with E-state index in [9.17, 15) is 5.11 Å². The predicted molar refractivity (Wildman–Crippen MR) is 58.3 cm³/mol. The molecule has 2 heteroatoms. The predicted octanol–water partition coefficient (Wildman–Crippen LogP) is 2.02. The first-order chi connectivity index (χ1) is 6.61. The van der Waals surface area contributed by atoms with Crippen molar-refractivity contribution in [3.05, 3.63) is 0 Å². The molecule has 1 aliphatic heterocycles. The highest BCUT2D eigenvalue weighted by Crippen LogP contribution is 2.48. The lowest BCUT2D eigenvalue weighted by Crippen LogP contribution is -2.62. The van der Waals surface area contributed by atoms with Crippen LogP contribution in [0.1, 0.15) is 46.0 Å². The van der Waals surface area contributed by atoms with Crippen molar-refractivity contribution in [1.82, 2.24) is 4.90 Å². The van der Waals surface area contributed by atoms with Gasteiger partial charge in [0, 0.05) is 19.6 Å². The van der Waals surface area contributed by atoms with E-state index >= 15 is 0 Å². The Morgan fingerprint density at radius 1 is 1.21 bits per heavy atom. The number of β-amino-alcohol motifs (C(OH)–C–C–N with tert-alkyl or cyclic N) is 1. The Kier molecular flexibility index (Phi) is 2.61. The first-order valence-electron chi connectivity index (χ1n) is 6.06. The van der Waals surface area contributed by atoms with Crippen LogP contribution in [0.4, 0.5) is 0 Å². The van der Waals surface area contributed by atoms with Crippen LogP contribution in [-0.4, -0.2) is 35.2 Å². The molecule has 0 aromatic rings. The van der Waals surface area contributed by atoms with Crippen molar-refractivity contribution in [2.75, 3.05) is 19.6 Å². The Hall–Kier alpha value is -0.0800. The highest BCUT2D eigenvalue weighted by Gasteiger charge is 2.48. The number of hydrogen-bond acceptors (Lipinski definition) is 2. The number of hydrogen-bond donors (Lipinski definition) is 1. The number of rotatable bonds is 4. The van der Waals surface area contributed by atoms with Gasteiger partial charge in [0.1, 0.15) is 0 Å². The summed E-state index contributed by atoms with van der Waals surface area (Å²) >= 11 is 0. The van der Waals surface area contributed by atoms with E-state index in [4.69, 9.17) is 0 Å². The van der Waals surface area contributed by atoms with Gasteiger partial charge in [-0.25, -0.2) is 0 Å². The number of likely N-dealkylation sites (tertiary alicyclic amines) is 1. The fourth-order valence-electron chi connectivity index (χ4n) is 2.90. The van der Waals surface area contributed by atoms with Gasteiger partial charge in [0.15, 0.2) is 0 Å². The van der Waals surface area contributed by atoms with Gasteiger partial charge in [-0.1, -0.05) is 20.3 Å². The Bertz CT molecular complexity index is 198. The quantitative estimate of drug-likeness (QED) is 0.745. The Labute approximate surface area is 87.3 Å². The lowest BCUT2D eigenvalue weighted by Gasteiger charge is -2.57.